The van der Waals surface area contributed by atoms with E-state index in [1.165, 1.54) is 0 Å². The highest BCUT2D eigenvalue weighted by Gasteiger charge is 2.29. The lowest BCUT2D eigenvalue weighted by atomic mass is 9.99. The summed E-state index contributed by atoms with van der Waals surface area (Å²) in [4.78, 5) is 27.8. The number of aryl methyl sites for hydroxylation is 1. The number of benzene rings is 2. The first kappa shape index (κ1) is 24.6. The van der Waals surface area contributed by atoms with Gasteiger partial charge in [-0.1, -0.05) is 36.0 Å². The molecule has 9 heteroatoms. The van der Waals surface area contributed by atoms with Crippen LogP contribution in [0.4, 0.5) is 0 Å². The zero-order chi connectivity index (χ0) is 25.2. The molecule has 1 aliphatic rings. The maximum Gasteiger partial charge on any atom is 0.222 e. The standard InChI is InChI=1S/C26H31N5O3Si/c1-6-27-24(32)16-22-26-30-29-17(2)31(26)23-12-11-20(34-3)15-21(23)25(28-22)19-9-7-18(8-10-19)13-14-35(4,5)33/h7-15,22,33H,6,16H2,1-5H3,(H,27,32). The Kier molecular flexibility index (Phi) is 6.99. The van der Waals surface area contributed by atoms with Crippen molar-refractivity contribution in [1.82, 2.24) is 20.1 Å². The van der Waals surface area contributed by atoms with Crippen LogP contribution in [0.1, 0.15) is 47.7 Å². The number of carbonyl (C=O) groups excluding carboxylic acids is 1. The number of nitrogens with zero attached hydrogens (tertiary/aromatic N) is 4. The van der Waals surface area contributed by atoms with E-state index in [0.717, 1.165) is 33.9 Å². The molecule has 8 nitrogen and oxygen atoms in total. The maximum atomic E-state index is 12.6. The molecule has 0 bridgehead atoms. The van der Waals surface area contributed by atoms with Crippen molar-refractivity contribution in [3.63, 3.8) is 0 Å². The normalized spacial score (nSPS) is 15.3. The fourth-order valence-corrected chi connectivity index (χ4v) is 4.67. The van der Waals surface area contributed by atoms with Gasteiger partial charge in [0.25, 0.3) is 0 Å². The highest BCUT2D eigenvalue weighted by molar-refractivity contribution is 6.75. The zero-order valence-electron chi connectivity index (χ0n) is 20.7. The first-order valence-corrected chi connectivity index (χ1v) is 14.7. The molecule has 3 aromatic rings. The van der Waals surface area contributed by atoms with Crippen molar-refractivity contribution < 1.29 is 14.3 Å². The summed E-state index contributed by atoms with van der Waals surface area (Å²) in [6, 6.07) is 13.4. The predicted octanol–water partition coefficient (Wildman–Crippen LogP) is 3.75. The number of ether oxygens (including phenoxy) is 1. The lowest BCUT2D eigenvalue weighted by molar-refractivity contribution is -0.121. The second-order valence-corrected chi connectivity index (χ2v) is 12.7. The van der Waals surface area contributed by atoms with E-state index in [9.17, 15) is 9.59 Å². The third kappa shape index (κ3) is 5.41. The van der Waals surface area contributed by atoms with E-state index in [-0.39, 0.29) is 12.3 Å². The Labute approximate surface area is 206 Å². The summed E-state index contributed by atoms with van der Waals surface area (Å²) in [5.41, 5.74) is 6.31. The fourth-order valence-electron chi connectivity index (χ4n) is 4.07. The van der Waals surface area contributed by atoms with Gasteiger partial charge in [0, 0.05) is 17.7 Å². The molecular weight excluding hydrogens is 458 g/mol. The van der Waals surface area contributed by atoms with Gasteiger partial charge in [0.05, 0.1) is 24.9 Å². The van der Waals surface area contributed by atoms with Crippen LogP contribution in [0, 0.1) is 6.92 Å². The van der Waals surface area contributed by atoms with E-state index < -0.39 is 14.4 Å². The molecule has 0 saturated heterocycles. The maximum absolute atomic E-state index is 12.6. The summed E-state index contributed by atoms with van der Waals surface area (Å²) < 4.78 is 7.50. The van der Waals surface area contributed by atoms with E-state index >= 15 is 0 Å². The molecule has 1 aliphatic heterocycles. The van der Waals surface area contributed by atoms with E-state index in [0.29, 0.717) is 18.1 Å². The van der Waals surface area contributed by atoms with Crippen LogP contribution in [0.3, 0.4) is 0 Å². The highest BCUT2D eigenvalue weighted by atomic mass is 28.4. The number of methoxy groups -OCH3 is 1. The van der Waals surface area contributed by atoms with Crippen molar-refractivity contribution in [2.75, 3.05) is 13.7 Å². The average Bonchev–Trinajstić information content (AvgIpc) is 3.15. The largest absolute Gasteiger partial charge is 0.497 e. The summed E-state index contributed by atoms with van der Waals surface area (Å²) in [6.07, 6.45) is 2.11. The van der Waals surface area contributed by atoms with Gasteiger partial charge in [-0.2, -0.15) is 0 Å². The summed E-state index contributed by atoms with van der Waals surface area (Å²) in [7, 11) is -0.653. The lowest BCUT2D eigenvalue weighted by Gasteiger charge is -2.14. The minimum atomic E-state index is -2.29. The molecule has 2 N–H and O–H groups in total. The smallest absolute Gasteiger partial charge is 0.222 e. The Morgan fingerprint density at radius 1 is 1.20 bits per heavy atom. The number of aromatic nitrogens is 3. The van der Waals surface area contributed by atoms with Gasteiger partial charge in [0.2, 0.25) is 14.2 Å². The molecule has 1 unspecified atom stereocenters. The molecule has 4 rings (SSSR count). The molecule has 1 atom stereocenters. The van der Waals surface area contributed by atoms with Crippen molar-refractivity contribution in [2.24, 2.45) is 4.99 Å². The summed E-state index contributed by atoms with van der Waals surface area (Å²) in [5.74, 6) is 1.97. The third-order valence-corrected chi connectivity index (χ3v) is 6.74. The van der Waals surface area contributed by atoms with Crippen LogP contribution in [0.2, 0.25) is 13.1 Å². The first-order valence-electron chi connectivity index (χ1n) is 11.7. The van der Waals surface area contributed by atoms with Crippen LogP contribution in [0.25, 0.3) is 11.8 Å². The van der Waals surface area contributed by atoms with Gasteiger partial charge < -0.3 is 14.8 Å². The number of fused-ring (bicyclic) bond motifs is 3. The zero-order valence-corrected chi connectivity index (χ0v) is 21.7. The van der Waals surface area contributed by atoms with Gasteiger partial charge >= 0.3 is 0 Å². The molecule has 0 saturated carbocycles. The van der Waals surface area contributed by atoms with Gasteiger partial charge in [-0.3, -0.25) is 14.4 Å². The molecule has 1 aromatic heterocycles. The van der Waals surface area contributed by atoms with Gasteiger partial charge in [-0.25, -0.2) is 0 Å². The number of aliphatic imine (C=N–C) groups is 1. The molecule has 2 heterocycles. The number of amides is 1. The number of carbonyl (C=O) groups is 1. The third-order valence-electron chi connectivity index (χ3n) is 5.75. The molecule has 0 fully saturated rings. The summed E-state index contributed by atoms with van der Waals surface area (Å²) in [5, 5.41) is 11.6. The van der Waals surface area contributed by atoms with Crippen LogP contribution in [0.15, 0.2) is 53.2 Å². The van der Waals surface area contributed by atoms with E-state index in [4.69, 9.17) is 9.73 Å². The monoisotopic (exact) mass is 489 g/mol. The van der Waals surface area contributed by atoms with Gasteiger partial charge in [0.1, 0.15) is 17.6 Å². The molecule has 0 spiro atoms. The van der Waals surface area contributed by atoms with Gasteiger partial charge in [-0.15, -0.1) is 10.2 Å². The van der Waals surface area contributed by atoms with Crippen molar-refractivity contribution >= 4 is 26.0 Å². The van der Waals surface area contributed by atoms with Crippen molar-refractivity contribution in [1.29, 1.82) is 0 Å². The molecule has 35 heavy (non-hydrogen) atoms. The minimum Gasteiger partial charge on any atom is -0.497 e. The number of hydrogen-bond acceptors (Lipinski definition) is 6. The molecular formula is C26H31N5O3Si. The quantitative estimate of drug-likeness (QED) is 0.492. The Morgan fingerprint density at radius 3 is 2.60 bits per heavy atom. The van der Waals surface area contributed by atoms with E-state index in [2.05, 4.69) is 15.5 Å². The van der Waals surface area contributed by atoms with Gasteiger partial charge in [0.15, 0.2) is 5.82 Å². The first-order chi connectivity index (χ1) is 16.7. The Bertz CT molecular complexity index is 1290. The molecule has 2 aromatic carbocycles. The summed E-state index contributed by atoms with van der Waals surface area (Å²) in [6.45, 7) is 8.08. The molecule has 0 radical (unpaired) electrons. The topological polar surface area (TPSA) is 102 Å². The number of nitrogens with one attached hydrogen (secondary N) is 1. The van der Waals surface area contributed by atoms with E-state index in [1.807, 2.05) is 85.7 Å². The Morgan fingerprint density at radius 2 is 1.94 bits per heavy atom. The molecule has 1 amide bonds. The fraction of sp³-hybridized carbons (Fsp3) is 0.308. The minimum absolute atomic E-state index is 0.0902. The van der Waals surface area contributed by atoms with Crippen LogP contribution in [0.5, 0.6) is 5.75 Å². The summed E-state index contributed by atoms with van der Waals surface area (Å²) >= 11 is 0. The Hall–Kier alpha value is -3.56. The van der Waals surface area contributed by atoms with Gasteiger partial charge in [-0.05, 0) is 50.7 Å². The molecule has 0 aliphatic carbocycles. The van der Waals surface area contributed by atoms with Crippen molar-refractivity contribution in [3.8, 4) is 11.4 Å². The number of rotatable bonds is 7. The Balaban J connectivity index is 1.86. The van der Waals surface area contributed by atoms with E-state index in [1.54, 1.807) is 7.11 Å². The van der Waals surface area contributed by atoms with Crippen LogP contribution < -0.4 is 10.1 Å². The second-order valence-electron chi connectivity index (χ2n) is 9.08. The van der Waals surface area contributed by atoms with Crippen LogP contribution >= 0.6 is 0 Å². The molecule has 182 valence electrons. The van der Waals surface area contributed by atoms with Crippen LogP contribution in [-0.4, -0.2) is 53.2 Å². The number of hydrogen-bond donors (Lipinski definition) is 2. The average molecular weight is 490 g/mol. The van der Waals surface area contributed by atoms with Crippen LogP contribution in [-0.2, 0) is 4.79 Å². The SMILES string of the molecule is CCNC(=O)CC1N=C(c2ccc(C=C[Si](C)(C)O)cc2)c2cc(OC)ccc2-n2c(C)nnc21. The second kappa shape index (κ2) is 9.97. The van der Waals surface area contributed by atoms with Crippen molar-refractivity contribution in [2.45, 2.75) is 39.4 Å². The predicted molar refractivity (Wildman–Crippen MR) is 140 cm³/mol. The van der Waals surface area contributed by atoms with Crippen molar-refractivity contribution in [3.05, 3.63) is 76.5 Å². The highest BCUT2D eigenvalue weighted by Crippen LogP contribution is 2.34. The lowest BCUT2D eigenvalue weighted by Crippen LogP contribution is -2.25.